The van der Waals surface area contributed by atoms with Gasteiger partial charge in [0.2, 0.25) is 0 Å². The molecule has 2 fully saturated rings. The lowest BCUT2D eigenvalue weighted by Gasteiger charge is -2.26. The van der Waals surface area contributed by atoms with Gasteiger partial charge in [0, 0.05) is 24.7 Å². The SMILES string of the molecule is Fc1ccc(F)c([C@H]2C[C@H](F)CN2c2ccn3ncc(NC(=S)NCC4CCCCC4)c3n2)c1. The van der Waals surface area contributed by atoms with Gasteiger partial charge in [0.25, 0.3) is 0 Å². The van der Waals surface area contributed by atoms with Gasteiger partial charge in [0.15, 0.2) is 10.8 Å². The minimum absolute atomic E-state index is 0.0437. The molecule has 3 aromatic rings. The minimum Gasteiger partial charge on any atom is -0.362 e. The molecule has 1 saturated heterocycles. The van der Waals surface area contributed by atoms with Gasteiger partial charge >= 0.3 is 0 Å². The summed E-state index contributed by atoms with van der Waals surface area (Å²) < 4.78 is 44.3. The van der Waals surface area contributed by atoms with Gasteiger partial charge in [-0.25, -0.2) is 22.7 Å². The average Bonchev–Trinajstić information content (AvgIpc) is 3.43. The number of hydrogen-bond acceptors (Lipinski definition) is 4. The van der Waals surface area contributed by atoms with Crippen LogP contribution >= 0.6 is 12.2 Å². The van der Waals surface area contributed by atoms with Crippen molar-refractivity contribution < 1.29 is 13.2 Å². The summed E-state index contributed by atoms with van der Waals surface area (Å²) in [6.07, 6.45) is 8.51. The van der Waals surface area contributed by atoms with Crippen molar-refractivity contribution in [2.75, 3.05) is 23.3 Å². The zero-order valence-corrected chi connectivity index (χ0v) is 19.5. The number of alkyl halides is 1. The lowest BCUT2D eigenvalue weighted by atomic mass is 9.89. The third-order valence-corrected chi connectivity index (χ3v) is 6.99. The normalized spacial score (nSPS) is 21.2. The minimum atomic E-state index is -1.18. The molecule has 0 amide bonds. The van der Waals surface area contributed by atoms with Crippen molar-refractivity contribution in [1.29, 1.82) is 0 Å². The van der Waals surface area contributed by atoms with E-state index in [2.05, 4.69) is 20.7 Å². The van der Waals surface area contributed by atoms with Crippen LogP contribution in [0.4, 0.5) is 24.7 Å². The number of rotatable bonds is 5. The van der Waals surface area contributed by atoms with Crippen molar-refractivity contribution in [3.8, 4) is 0 Å². The highest BCUT2D eigenvalue weighted by molar-refractivity contribution is 7.80. The number of nitrogens with one attached hydrogen (secondary N) is 2. The van der Waals surface area contributed by atoms with Gasteiger partial charge in [-0.2, -0.15) is 5.10 Å². The Kier molecular flexibility index (Phi) is 6.58. The first-order chi connectivity index (χ1) is 16.5. The van der Waals surface area contributed by atoms with Gasteiger partial charge in [-0.05, 0) is 55.2 Å². The molecule has 0 bridgehead atoms. The molecule has 1 aliphatic heterocycles. The van der Waals surface area contributed by atoms with E-state index >= 15 is 0 Å². The number of nitrogens with zero attached hydrogens (tertiary/aromatic N) is 4. The molecular formula is C24H27F3N6S. The number of fused-ring (bicyclic) bond motifs is 1. The zero-order chi connectivity index (χ0) is 23.7. The summed E-state index contributed by atoms with van der Waals surface area (Å²) in [4.78, 5) is 6.36. The van der Waals surface area contributed by atoms with Gasteiger partial charge < -0.3 is 15.5 Å². The summed E-state index contributed by atoms with van der Waals surface area (Å²) in [5.41, 5.74) is 1.26. The number of aromatic nitrogens is 3. The molecule has 1 aromatic carbocycles. The molecule has 5 rings (SSSR count). The first-order valence-corrected chi connectivity index (χ1v) is 12.1. The van der Waals surface area contributed by atoms with E-state index < -0.39 is 23.8 Å². The van der Waals surface area contributed by atoms with Crippen LogP contribution in [-0.4, -0.2) is 39.0 Å². The first-order valence-electron chi connectivity index (χ1n) is 11.7. The van der Waals surface area contributed by atoms with Crippen LogP contribution in [0.1, 0.15) is 50.1 Å². The maximum Gasteiger partial charge on any atom is 0.180 e. The summed E-state index contributed by atoms with van der Waals surface area (Å²) in [5.74, 6) is -0.0247. The summed E-state index contributed by atoms with van der Waals surface area (Å²) >= 11 is 5.47. The van der Waals surface area contributed by atoms with E-state index in [4.69, 9.17) is 12.2 Å². The Balaban J connectivity index is 1.35. The molecule has 2 aliphatic rings. The van der Waals surface area contributed by atoms with Crippen LogP contribution in [0.3, 0.4) is 0 Å². The Morgan fingerprint density at radius 2 is 1.97 bits per heavy atom. The second-order valence-corrected chi connectivity index (χ2v) is 9.53. The Morgan fingerprint density at radius 3 is 2.79 bits per heavy atom. The Labute approximate surface area is 201 Å². The quantitative estimate of drug-likeness (QED) is 0.484. The van der Waals surface area contributed by atoms with Crippen molar-refractivity contribution >= 4 is 34.5 Å². The predicted octanol–water partition coefficient (Wildman–Crippen LogP) is 5.16. The predicted molar refractivity (Wildman–Crippen MR) is 130 cm³/mol. The van der Waals surface area contributed by atoms with Crippen molar-refractivity contribution in [2.24, 2.45) is 5.92 Å². The van der Waals surface area contributed by atoms with Crippen molar-refractivity contribution in [3.05, 3.63) is 53.9 Å². The van der Waals surface area contributed by atoms with Gasteiger partial charge in [-0.1, -0.05) is 19.3 Å². The Hall–Kier alpha value is -2.88. The second-order valence-electron chi connectivity index (χ2n) is 9.12. The standard InChI is InChI=1S/C24H27F3N6S/c25-16-6-7-19(27)18(10-16)21-11-17(26)14-32(21)22-8-9-33-23(31-22)20(13-29-33)30-24(34)28-12-15-4-2-1-3-5-15/h6-10,13,15,17,21H,1-5,11-12,14H2,(H2,28,30,34)/t17-,21+/m0/s1. The topological polar surface area (TPSA) is 57.5 Å². The molecule has 0 unspecified atom stereocenters. The molecule has 10 heteroatoms. The van der Waals surface area contributed by atoms with Crippen LogP contribution < -0.4 is 15.5 Å². The van der Waals surface area contributed by atoms with E-state index in [1.165, 1.54) is 32.1 Å². The number of thiocarbonyl (C=S) groups is 1. The van der Waals surface area contributed by atoms with Crippen molar-refractivity contribution in [3.63, 3.8) is 0 Å². The van der Waals surface area contributed by atoms with E-state index in [9.17, 15) is 13.2 Å². The zero-order valence-electron chi connectivity index (χ0n) is 18.7. The van der Waals surface area contributed by atoms with E-state index in [0.29, 0.717) is 28.2 Å². The fourth-order valence-corrected chi connectivity index (χ4v) is 5.20. The van der Waals surface area contributed by atoms with Gasteiger partial charge in [-0.15, -0.1) is 0 Å². The maximum absolute atomic E-state index is 14.5. The number of benzene rings is 1. The summed E-state index contributed by atoms with van der Waals surface area (Å²) in [6.45, 7) is 0.873. The van der Waals surface area contributed by atoms with Gasteiger partial charge in [0.05, 0.1) is 18.8 Å². The van der Waals surface area contributed by atoms with Crippen LogP contribution in [0.5, 0.6) is 0 Å². The molecule has 180 valence electrons. The monoisotopic (exact) mass is 488 g/mol. The van der Waals surface area contributed by atoms with Gasteiger partial charge in [0.1, 0.15) is 29.3 Å². The highest BCUT2D eigenvalue weighted by atomic mass is 32.1. The fraction of sp³-hybridized carbons (Fsp3) is 0.458. The van der Waals surface area contributed by atoms with E-state index in [1.54, 1.807) is 27.9 Å². The molecule has 0 radical (unpaired) electrons. The molecule has 3 heterocycles. The van der Waals surface area contributed by atoms with Crippen LogP contribution in [0.25, 0.3) is 5.65 Å². The highest BCUT2D eigenvalue weighted by Gasteiger charge is 2.36. The van der Waals surface area contributed by atoms with E-state index in [0.717, 1.165) is 24.7 Å². The summed E-state index contributed by atoms with van der Waals surface area (Å²) in [7, 11) is 0. The largest absolute Gasteiger partial charge is 0.362 e. The first kappa shape index (κ1) is 22.9. The van der Waals surface area contributed by atoms with Crippen molar-refractivity contribution in [1.82, 2.24) is 19.9 Å². The van der Waals surface area contributed by atoms with E-state index in [-0.39, 0.29) is 18.5 Å². The molecular weight excluding hydrogens is 461 g/mol. The molecule has 2 aromatic heterocycles. The molecule has 0 spiro atoms. The average molecular weight is 489 g/mol. The smallest absolute Gasteiger partial charge is 0.180 e. The molecule has 2 atom stereocenters. The number of hydrogen-bond donors (Lipinski definition) is 2. The van der Waals surface area contributed by atoms with Crippen LogP contribution in [0.2, 0.25) is 0 Å². The fourth-order valence-electron chi connectivity index (χ4n) is 5.01. The summed E-state index contributed by atoms with van der Waals surface area (Å²) in [5, 5.41) is 11.3. The third-order valence-electron chi connectivity index (χ3n) is 6.74. The maximum atomic E-state index is 14.5. The lowest BCUT2D eigenvalue weighted by molar-refractivity contribution is 0.355. The molecule has 34 heavy (non-hydrogen) atoms. The summed E-state index contributed by atoms with van der Waals surface area (Å²) in [6, 6.07) is 4.31. The Morgan fingerprint density at radius 1 is 1.15 bits per heavy atom. The molecule has 1 aliphatic carbocycles. The Bertz CT molecular complexity index is 1180. The van der Waals surface area contributed by atoms with Crippen molar-refractivity contribution in [2.45, 2.75) is 50.7 Å². The van der Waals surface area contributed by atoms with Crippen LogP contribution in [0.15, 0.2) is 36.7 Å². The van der Waals surface area contributed by atoms with Crippen LogP contribution in [-0.2, 0) is 0 Å². The second kappa shape index (κ2) is 9.77. The van der Waals surface area contributed by atoms with Gasteiger partial charge in [-0.3, -0.25) is 0 Å². The number of anilines is 2. The highest BCUT2D eigenvalue weighted by Crippen LogP contribution is 2.38. The third kappa shape index (κ3) is 4.82. The molecule has 2 N–H and O–H groups in total. The lowest BCUT2D eigenvalue weighted by Crippen LogP contribution is -2.33. The van der Waals surface area contributed by atoms with E-state index in [1.807, 2.05) is 0 Å². The van der Waals surface area contributed by atoms with Crippen LogP contribution in [0, 0.1) is 17.6 Å². The number of halogens is 3. The molecule has 6 nitrogen and oxygen atoms in total. The molecule has 1 saturated carbocycles.